The third-order valence-corrected chi connectivity index (χ3v) is 5.31. The van der Waals surface area contributed by atoms with Gasteiger partial charge in [0.2, 0.25) is 10.0 Å². The number of anilines is 1. The molecular weight excluding hydrogens is 368 g/mol. The largest absolute Gasteiger partial charge is 0.454 e. The lowest BCUT2D eigenvalue weighted by Crippen LogP contribution is -2.41. The molecule has 0 heterocycles. The summed E-state index contributed by atoms with van der Waals surface area (Å²) in [6, 6.07) is 3.98. The van der Waals surface area contributed by atoms with Gasteiger partial charge in [0.05, 0.1) is 5.75 Å². The lowest BCUT2D eigenvalue weighted by molar-refractivity contribution is -0.148. The Morgan fingerprint density at radius 2 is 2.00 bits per heavy atom. The first-order valence-electron chi connectivity index (χ1n) is 7.88. The summed E-state index contributed by atoms with van der Waals surface area (Å²) in [6.45, 7) is 4.46. The zero-order chi connectivity index (χ0) is 19.0. The lowest BCUT2D eigenvalue weighted by Gasteiger charge is -2.14. The van der Waals surface area contributed by atoms with Gasteiger partial charge in [0.25, 0.3) is 5.91 Å². The van der Waals surface area contributed by atoms with E-state index in [1.54, 1.807) is 25.1 Å². The Bertz CT molecular complexity index is 721. The van der Waals surface area contributed by atoms with E-state index in [0.717, 1.165) is 6.42 Å². The molecule has 1 aromatic rings. The van der Waals surface area contributed by atoms with Crippen LogP contribution in [0.3, 0.4) is 0 Å². The monoisotopic (exact) mass is 390 g/mol. The van der Waals surface area contributed by atoms with Gasteiger partial charge in [-0.25, -0.2) is 13.1 Å². The average Bonchev–Trinajstić information content (AvgIpc) is 2.54. The van der Waals surface area contributed by atoms with Gasteiger partial charge in [-0.1, -0.05) is 31.0 Å². The highest BCUT2D eigenvalue weighted by molar-refractivity contribution is 7.89. The number of halogens is 1. The summed E-state index contributed by atoms with van der Waals surface area (Å²) in [7, 11) is -3.55. The molecule has 7 nitrogen and oxygen atoms in total. The van der Waals surface area contributed by atoms with Crippen LogP contribution in [-0.4, -0.2) is 38.7 Å². The van der Waals surface area contributed by atoms with Crippen molar-refractivity contribution in [2.75, 3.05) is 17.7 Å². The van der Waals surface area contributed by atoms with Gasteiger partial charge in [0.15, 0.2) is 6.61 Å². The molecule has 1 amide bonds. The van der Waals surface area contributed by atoms with Crippen LogP contribution in [0.4, 0.5) is 5.69 Å². The van der Waals surface area contributed by atoms with Crippen LogP contribution in [0.5, 0.6) is 0 Å². The van der Waals surface area contributed by atoms with E-state index in [0.29, 0.717) is 22.7 Å². The number of nitrogens with one attached hydrogen (secondary N) is 2. The molecule has 0 bridgehead atoms. The summed E-state index contributed by atoms with van der Waals surface area (Å²) < 4.78 is 30.6. The molecular formula is C16H23ClN2O5S. The predicted molar refractivity (Wildman–Crippen MR) is 97.1 cm³/mol. The Morgan fingerprint density at radius 3 is 2.64 bits per heavy atom. The fourth-order valence-electron chi connectivity index (χ4n) is 1.90. The van der Waals surface area contributed by atoms with Gasteiger partial charge in [0, 0.05) is 10.7 Å². The molecule has 140 valence electrons. The third kappa shape index (κ3) is 7.41. The number of carbonyl (C=O) groups is 2. The number of amides is 1. The van der Waals surface area contributed by atoms with E-state index in [9.17, 15) is 18.0 Å². The molecule has 0 spiro atoms. The maximum atomic E-state index is 11.9. The Balaban J connectivity index is 2.49. The van der Waals surface area contributed by atoms with Crippen molar-refractivity contribution in [1.29, 1.82) is 0 Å². The van der Waals surface area contributed by atoms with Crippen LogP contribution in [0.2, 0.25) is 5.02 Å². The van der Waals surface area contributed by atoms with E-state index in [1.165, 1.54) is 6.92 Å². The van der Waals surface area contributed by atoms with Crippen molar-refractivity contribution >= 4 is 39.2 Å². The highest BCUT2D eigenvalue weighted by Gasteiger charge is 2.22. The molecule has 0 aromatic heterocycles. The van der Waals surface area contributed by atoms with E-state index in [-0.39, 0.29) is 5.75 Å². The third-order valence-electron chi connectivity index (χ3n) is 3.36. The minimum absolute atomic E-state index is 0.0599. The molecule has 0 radical (unpaired) electrons. The first-order valence-corrected chi connectivity index (χ1v) is 9.91. The van der Waals surface area contributed by atoms with Crippen molar-refractivity contribution in [2.45, 2.75) is 39.7 Å². The molecule has 0 aliphatic carbocycles. The molecule has 1 atom stereocenters. The standard InChI is InChI=1S/C16H23ClN2O5S/c1-4-5-9-25(22,23)19-12(3)16(21)24-10-15(20)18-14-8-6-7-13(17)11(14)2/h6-8,12,19H,4-5,9-10H2,1-3H3,(H,18,20)/t12-/m0/s1. The first kappa shape index (κ1) is 21.4. The van der Waals surface area contributed by atoms with Gasteiger partial charge in [-0.05, 0) is 38.0 Å². The summed E-state index contributed by atoms with van der Waals surface area (Å²) in [5.41, 5.74) is 1.21. The van der Waals surface area contributed by atoms with Crippen LogP contribution >= 0.6 is 11.6 Å². The number of sulfonamides is 1. The Kier molecular flexibility index (Phi) is 8.34. The first-order chi connectivity index (χ1) is 11.7. The quantitative estimate of drug-likeness (QED) is 0.629. The van der Waals surface area contributed by atoms with Crippen LogP contribution in [0.25, 0.3) is 0 Å². The molecule has 0 fully saturated rings. The molecule has 0 aliphatic rings. The second-order valence-corrected chi connectivity index (χ2v) is 7.86. The topological polar surface area (TPSA) is 102 Å². The van der Waals surface area contributed by atoms with Crippen molar-refractivity contribution in [1.82, 2.24) is 4.72 Å². The van der Waals surface area contributed by atoms with Gasteiger partial charge < -0.3 is 10.1 Å². The molecule has 2 N–H and O–H groups in total. The zero-order valence-corrected chi connectivity index (χ0v) is 16.0. The highest BCUT2D eigenvalue weighted by Crippen LogP contribution is 2.22. The summed E-state index contributed by atoms with van der Waals surface area (Å²) in [6.07, 6.45) is 1.22. The molecule has 1 rings (SSSR count). The van der Waals surface area contributed by atoms with Crippen LogP contribution in [-0.2, 0) is 24.3 Å². The molecule has 0 saturated heterocycles. The van der Waals surface area contributed by atoms with E-state index in [1.807, 2.05) is 6.92 Å². The van der Waals surface area contributed by atoms with Crippen LogP contribution in [0.15, 0.2) is 18.2 Å². The second-order valence-electron chi connectivity index (χ2n) is 5.58. The average molecular weight is 391 g/mol. The van der Waals surface area contributed by atoms with Crippen LogP contribution < -0.4 is 10.0 Å². The number of hydrogen-bond acceptors (Lipinski definition) is 5. The summed E-state index contributed by atoms with van der Waals surface area (Å²) in [4.78, 5) is 23.7. The number of unbranched alkanes of at least 4 members (excludes halogenated alkanes) is 1. The predicted octanol–water partition coefficient (Wildman–Crippen LogP) is 2.24. The van der Waals surface area contributed by atoms with E-state index < -0.39 is 34.5 Å². The van der Waals surface area contributed by atoms with Gasteiger partial charge in [0.1, 0.15) is 6.04 Å². The molecule has 1 aromatic carbocycles. The van der Waals surface area contributed by atoms with Gasteiger partial charge in [-0.15, -0.1) is 0 Å². The van der Waals surface area contributed by atoms with Crippen molar-refractivity contribution in [3.63, 3.8) is 0 Å². The van der Waals surface area contributed by atoms with Crippen molar-refractivity contribution in [3.8, 4) is 0 Å². The fourth-order valence-corrected chi connectivity index (χ4v) is 3.50. The number of ether oxygens (including phenoxy) is 1. The maximum Gasteiger partial charge on any atom is 0.324 e. The summed E-state index contributed by atoms with van der Waals surface area (Å²) in [5.74, 6) is -1.42. The number of benzene rings is 1. The SMILES string of the molecule is CCCCS(=O)(=O)N[C@@H](C)C(=O)OCC(=O)Nc1cccc(Cl)c1C. The second kappa shape index (κ2) is 9.74. The fraction of sp³-hybridized carbons (Fsp3) is 0.500. The number of rotatable bonds is 9. The minimum Gasteiger partial charge on any atom is -0.454 e. The van der Waals surface area contributed by atoms with Crippen LogP contribution in [0, 0.1) is 6.92 Å². The molecule has 0 unspecified atom stereocenters. The minimum atomic E-state index is -3.55. The molecule has 9 heteroatoms. The van der Waals surface area contributed by atoms with E-state index in [4.69, 9.17) is 16.3 Å². The molecule has 0 saturated carbocycles. The lowest BCUT2D eigenvalue weighted by atomic mass is 10.2. The summed E-state index contributed by atoms with van der Waals surface area (Å²) in [5, 5.41) is 3.09. The highest BCUT2D eigenvalue weighted by atomic mass is 35.5. The number of carbonyl (C=O) groups excluding carboxylic acids is 2. The maximum absolute atomic E-state index is 11.9. The molecule has 0 aliphatic heterocycles. The van der Waals surface area contributed by atoms with E-state index >= 15 is 0 Å². The van der Waals surface area contributed by atoms with Crippen molar-refractivity contribution in [3.05, 3.63) is 28.8 Å². The Morgan fingerprint density at radius 1 is 1.32 bits per heavy atom. The number of hydrogen-bond donors (Lipinski definition) is 2. The Hall–Kier alpha value is -1.64. The Labute approximate surface area is 153 Å². The van der Waals surface area contributed by atoms with Gasteiger partial charge in [-0.3, -0.25) is 9.59 Å². The van der Waals surface area contributed by atoms with Crippen molar-refractivity contribution < 1.29 is 22.7 Å². The van der Waals surface area contributed by atoms with E-state index in [2.05, 4.69) is 10.0 Å². The normalized spacial score (nSPS) is 12.5. The summed E-state index contributed by atoms with van der Waals surface area (Å²) >= 11 is 5.96. The van der Waals surface area contributed by atoms with Gasteiger partial charge >= 0.3 is 5.97 Å². The van der Waals surface area contributed by atoms with Gasteiger partial charge in [-0.2, -0.15) is 0 Å². The van der Waals surface area contributed by atoms with Crippen LogP contribution in [0.1, 0.15) is 32.3 Å². The molecule has 25 heavy (non-hydrogen) atoms. The number of esters is 1. The smallest absolute Gasteiger partial charge is 0.324 e. The van der Waals surface area contributed by atoms with Crippen molar-refractivity contribution in [2.24, 2.45) is 0 Å². The zero-order valence-electron chi connectivity index (χ0n) is 14.5.